The normalized spacial score (nSPS) is 20.7. The maximum Gasteiger partial charge on any atom is 0.404 e. The summed E-state index contributed by atoms with van der Waals surface area (Å²) in [6.45, 7) is 0.353. The SMILES string of the molecule is Cn1c(N2C[C@H](F)C[C@@H](NC(=O)O)C2)nc2cc([N+](=O)[O-])c(Br)cc21. The fourth-order valence-electron chi connectivity index (χ4n) is 3.09. The second-order valence-electron chi connectivity index (χ2n) is 5.90. The number of nitrogens with zero attached hydrogens (tertiary/aromatic N) is 4. The molecule has 2 aromatic rings. The highest BCUT2D eigenvalue weighted by atomic mass is 79.9. The van der Waals surface area contributed by atoms with Gasteiger partial charge >= 0.3 is 6.09 Å². The summed E-state index contributed by atoms with van der Waals surface area (Å²) in [5, 5.41) is 22.2. The van der Waals surface area contributed by atoms with Crippen molar-refractivity contribution in [3.8, 4) is 0 Å². The van der Waals surface area contributed by atoms with Crippen molar-refractivity contribution in [2.45, 2.75) is 18.6 Å². The van der Waals surface area contributed by atoms with E-state index in [-0.39, 0.29) is 25.2 Å². The molecule has 2 heterocycles. The molecule has 9 nitrogen and oxygen atoms in total. The molecule has 1 aliphatic rings. The zero-order valence-corrected chi connectivity index (χ0v) is 14.7. The van der Waals surface area contributed by atoms with Crippen LogP contribution in [0.25, 0.3) is 11.0 Å². The maximum absolute atomic E-state index is 14.0. The summed E-state index contributed by atoms with van der Waals surface area (Å²) < 4.78 is 16.1. The first-order chi connectivity index (χ1) is 11.8. The summed E-state index contributed by atoms with van der Waals surface area (Å²) in [6, 6.07) is 2.39. The van der Waals surface area contributed by atoms with Gasteiger partial charge < -0.3 is 19.9 Å². The van der Waals surface area contributed by atoms with Crippen molar-refractivity contribution >= 4 is 44.7 Å². The lowest BCUT2D eigenvalue weighted by molar-refractivity contribution is -0.385. The van der Waals surface area contributed by atoms with Gasteiger partial charge in [0.25, 0.3) is 5.69 Å². The van der Waals surface area contributed by atoms with Crippen LogP contribution in [0.3, 0.4) is 0 Å². The fourth-order valence-corrected chi connectivity index (χ4v) is 3.57. The largest absolute Gasteiger partial charge is 0.465 e. The average molecular weight is 416 g/mol. The minimum Gasteiger partial charge on any atom is -0.465 e. The zero-order chi connectivity index (χ0) is 18.3. The third kappa shape index (κ3) is 3.36. The number of nitro groups is 1. The molecule has 0 spiro atoms. The molecule has 1 fully saturated rings. The summed E-state index contributed by atoms with van der Waals surface area (Å²) in [5.41, 5.74) is 0.955. The number of halogens is 2. The Labute approximate surface area is 149 Å². The monoisotopic (exact) mass is 415 g/mol. The number of nitrogens with one attached hydrogen (secondary N) is 1. The first kappa shape index (κ1) is 17.4. The number of anilines is 1. The molecule has 0 unspecified atom stereocenters. The van der Waals surface area contributed by atoms with Gasteiger partial charge in [-0.25, -0.2) is 14.2 Å². The topological polar surface area (TPSA) is 114 Å². The maximum atomic E-state index is 14.0. The van der Waals surface area contributed by atoms with E-state index in [2.05, 4.69) is 26.2 Å². The summed E-state index contributed by atoms with van der Waals surface area (Å²) in [6.07, 6.45) is -2.31. The molecule has 1 aromatic heterocycles. The number of imidazole rings is 1. The van der Waals surface area contributed by atoms with Crippen LogP contribution in [0.1, 0.15) is 6.42 Å². The number of carboxylic acid groups (broad SMARTS) is 1. The van der Waals surface area contributed by atoms with E-state index in [1.54, 1.807) is 22.6 Å². The number of benzene rings is 1. The minimum absolute atomic E-state index is 0.0816. The predicted octanol–water partition coefficient (Wildman–Crippen LogP) is 2.43. The Morgan fingerprint density at radius 2 is 2.24 bits per heavy atom. The van der Waals surface area contributed by atoms with E-state index in [4.69, 9.17) is 5.11 Å². The Hall–Kier alpha value is -2.43. The quantitative estimate of drug-likeness (QED) is 0.587. The zero-order valence-electron chi connectivity index (χ0n) is 13.1. The van der Waals surface area contributed by atoms with Crippen molar-refractivity contribution in [3.63, 3.8) is 0 Å². The molecule has 0 radical (unpaired) electrons. The van der Waals surface area contributed by atoms with Gasteiger partial charge in [-0.2, -0.15) is 0 Å². The highest BCUT2D eigenvalue weighted by molar-refractivity contribution is 9.10. The van der Waals surface area contributed by atoms with Crippen LogP contribution in [0.2, 0.25) is 0 Å². The number of carbonyl (C=O) groups is 1. The second kappa shape index (κ2) is 6.47. The minimum atomic E-state index is -1.20. The highest BCUT2D eigenvalue weighted by Gasteiger charge is 2.31. The molecule has 0 saturated carbocycles. The number of piperidine rings is 1. The molecule has 1 amide bonds. The predicted molar refractivity (Wildman–Crippen MR) is 91.7 cm³/mol. The fraction of sp³-hybridized carbons (Fsp3) is 0.429. The smallest absolute Gasteiger partial charge is 0.404 e. The highest BCUT2D eigenvalue weighted by Crippen LogP contribution is 2.32. The summed E-state index contributed by atoms with van der Waals surface area (Å²) in [5.74, 6) is 0.432. The molecule has 0 bridgehead atoms. The van der Waals surface area contributed by atoms with Crippen molar-refractivity contribution in [2.75, 3.05) is 18.0 Å². The number of aryl methyl sites for hydroxylation is 1. The molecule has 1 saturated heterocycles. The van der Waals surface area contributed by atoms with E-state index in [0.717, 1.165) is 0 Å². The Morgan fingerprint density at radius 3 is 2.88 bits per heavy atom. The molecule has 2 atom stereocenters. The van der Waals surface area contributed by atoms with Gasteiger partial charge in [-0.1, -0.05) is 0 Å². The standard InChI is InChI=1S/C14H15BrFN5O4/c1-19-12-3-9(15)11(21(24)25)4-10(12)18-13(19)20-5-7(16)2-8(6-20)17-14(22)23/h3-4,7-8,17H,2,5-6H2,1H3,(H,22,23)/t7-,8-/m1/s1. The number of amides is 1. The number of nitro benzene ring substituents is 1. The Kier molecular flexibility index (Phi) is 4.50. The number of alkyl halides is 1. The second-order valence-corrected chi connectivity index (χ2v) is 6.76. The summed E-state index contributed by atoms with van der Waals surface area (Å²) in [7, 11) is 1.73. The van der Waals surface area contributed by atoms with Crippen LogP contribution in [0, 0.1) is 10.1 Å². The van der Waals surface area contributed by atoms with Crippen LogP contribution in [0.5, 0.6) is 0 Å². The van der Waals surface area contributed by atoms with Gasteiger partial charge in [-0.15, -0.1) is 0 Å². The molecule has 2 N–H and O–H groups in total. The van der Waals surface area contributed by atoms with Gasteiger partial charge in [0, 0.05) is 26.1 Å². The van der Waals surface area contributed by atoms with Crippen LogP contribution in [0.4, 0.5) is 20.8 Å². The van der Waals surface area contributed by atoms with Crippen LogP contribution in [-0.2, 0) is 7.05 Å². The van der Waals surface area contributed by atoms with Gasteiger partial charge in [-0.3, -0.25) is 10.1 Å². The number of aromatic nitrogens is 2. The van der Waals surface area contributed by atoms with Crippen molar-refractivity contribution in [1.29, 1.82) is 0 Å². The van der Waals surface area contributed by atoms with Gasteiger partial charge in [0.2, 0.25) is 5.95 Å². The summed E-state index contributed by atoms with van der Waals surface area (Å²) in [4.78, 5) is 27.4. The first-order valence-electron chi connectivity index (χ1n) is 7.45. The van der Waals surface area contributed by atoms with E-state index in [1.807, 2.05) is 0 Å². The Balaban J connectivity index is 1.98. The number of hydrogen-bond donors (Lipinski definition) is 2. The summed E-state index contributed by atoms with van der Waals surface area (Å²) >= 11 is 3.17. The van der Waals surface area contributed by atoms with Crippen LogP contribution >= 0.6 is 15.9 Å². The third-order valence-corrected chi connectivity index (χ3v) is 4.77. The third-order valence-electron chi connectivity index (χ3n) is 4.13. The van der Waals surface area contributed by atoms with E-state index < -0.39 is 23.2 Å². The van der Waals surface area contributed by atoms with Crippen LogP contribution < -0.4 is 10.2 Å². The van der Waals surface area contributed by atoms with Gasteiger partial charge in [-0.05, 0) is 22.0 Å². The molecule has 134 valence electrons. The molecule has 0 aliphatic carbocycles. The van der Waals surface area contributed by atoms with Crippen molar-refractivity contribution in [3.05, 3.63) is 26.7 Å². The van der Waals surface area contributed by atoms with E-state index in [1.165, 1.54) is 6.07 Å². The van der Waals surface area contributed by atoms with Gasteiger partial charge in [0.15, 0.2) is 0 Å². The lowest BCUT2D eigenvalue weighted by atomic mass is 10.0. The van der Waals surface area contributed by atoms with Gasteiger partial charge in [0.05, 0.1) is 33.0 Å². The first-order valence-corrected chi connectivity index (χ1v) is 8.24. The number of hydrogen-bond acceptors (Lipinski definition) is 5. The van der Waals surface area contributed by atoms with Crippen molar-refractivity contribution in [2.24, 2.45) is 7.05 Å². The van der Waals surface area contributed by atoms with Gasteiger partial charge in [0.1, 0.15) is 6.17 Å². The van der Waals surface area contributed by atoms with Crippen molar-refractivity contribution < 1.29 is 19.2 Å². The van der Waals surface area contributed by atoms with Crippen LogP contribution in [0.15, 0.2) is 16.6 Å². The van der Waals surface area contributed by atoms with E-state index >= 15 is 0 Å². The van der Waals surface area contributed by atoms with E-state index in [0.29, 0.717) is 21.5 Å². The Morgan fingerprint density at radius 1 is 1.52 bits per heavy atom. The van der Waals surface area contributed by atoms with E-state index in [9.17, 15) is 19.3 Å². The Bertz CT molecular complexity index is 857. The number of fused-ring (bicyclic) bond motifs is 1. The molecule has 25 heavy (non-hydrogen) atoms. The lowest BCUT2D eigenvalue weighted by Crippen LogP contribution is -2.52. The average Bonchev–Trinajstić information content (AvgIpc) is 2.81. The molecule has 1 aliphatic heterocycles. The molecule has 11 heteroatoms. The molecular formula is C14H15BrFN5O4. The number of rotatable bonds is 3. The van der Waals surface area contributed by atoms with Crippen molar-refractivity contribution in [1.82, 2.24) is 14.9 Å². The molecule has 1 aromatic carbocycles. The van der Waals surface area contributed by atoms with Crippen LogP contribution in [-0.4, -0.2) is 51.0 Å². The molecular weight excluding hydrogens is 401 g/mol. The lowest BCUT2D eigenvalue weighted by Gasteiger charge is -2.35. The molecule has 3 rings (SSSR count).